The fraction of sp³-hybridized carbons (Fsp3) is 0.636. The molecule has 1 heterocycles. The van der Waals surface area contributed by atoms with Gasteiger partial charge in [-0.2, -0.15) is 0 Å². The second-order valence-electron chi connectivity index (χ2n) is 4.52. The van der Waals surface area contributed by atoms with E-state index in [2.05, 4.69) is 4.98 Å². The van der Waals surface area contributed by atoms with Crippen LogP contribution in [0.4, 0.5) is 0 Å². The third kappa shape index (κ3) is 1.22. The van der Waals surface area contributed by atoms with Crippen LogP contribution in [0.25, 0.3) is 0 Å². The van der Waals surface area contributed by atoms with Gasteiger partial charge in [0.15, 0.2) is 5.78 Å². The molecule has 0 radical (unpaired) electrons. The zero-order chi connectivity index (χ0) is 9.54. The van der Waals surface area contributed by atoms with Gasteiger partial charge in [-0.05, 0) is 31.1 Å². The van der Waals surface area contributed by atoms with Crippen LogP contribution in [-0.2, 0) is 0 Å². The maximum atomic E-state index is 12.0. The van der Waals surface area contributed by atoms with E-state index >= 15 is 0 Å². The third-order valence-electron chi connectivity index (χ3n) is 3.76. The van der Waals surface area contributed by atoms with Crippen LogP contribution in [0.15, 0.2) is 10.9 Å². The average molecular weight is 207 g/mol. The van der Waals surface area contributed by atoms with Gasteiger partial charge in [-0.1, -0.05) is 6.42 Å². The van der Waals surface area contributed by atoms with E-state index in [1.165, 1.54) is 30.6 Å². The minimum Gasteiger partial charge on any atom is -0.292 e. The van der Waals surface area contributed by atoms with E-state index in [0.717, 1.165) is 12.3 Å². The summed E-state index contributed by atoms with van der Waals surface area (Å²) in [7, 11) is 0. The van der Waals surface area contributed by atoms with Gasteiger partial charge in [-0.15, -0.1) is 11.3 Å². The molecule has 0 aromatic carbocycles. The van der Waals surface area contributed by atoms with Crippen molar-refractivity contribution >= 4 is 17.1 Å². The molecule has 0 spiro atoms. The Hall–Kier alpha value is -0.700. The number of fused-ring (bicyclic) bond motifs is 2. The number of ketones is 1. The summed E-state index contributed by atoms with van der Waals surface area (Å²) < 4.78 is 0. The molecule has 3 atom stereocenters. The lowest BCUT2D eigenvalue weighted by molar-refractivity contribution is 0.0870. The van der Waals surface area contributed by atoms with Crippen molar-refractivity contribution in [2.24, 2.45) is 17.8 Å². The molecule has 0 N–H and O–H groups in total. The Morgan fingerprint density at radius 2 is 2.36 bits per heavy atom. The number of hydrogen-bond donors (Lipinski definition) is 0. The highest BCUT2D eigenvalue weighted by Crippen LogP contribution is 2.49. The molecule has 2 nitrogen and oxygen atoms in total. The summed E-state index contributed by atoms with van der Waals surface area (Å²) >= 11 is 1.51. The Balaban J connectivity index is 1.81. The minimum absolute atomic E-state index is 0.302. The number of aromatic nitrogens is 1. The topological polar surface area (TPSA) is 30.0 Å². The lowest BCUT2D eigenvalue weighted by Crippen LogP contribution is -2.21. The summed E-state index contributed by atoms with van der Waals surface area (Å²) in [4.78, 5) is 16.2. The lowest BCUT2D eigenvalue weighted by Gasteiger charge is -2.18. The zero-order valence-electron chi connectivity index (χ0n) is 7.98. The lowest BCUT2D eigenvalue weighted by atomic mass is 9.85. The molecule has 2 aliphatic carbocycles. The number of Topliss-reactive ketones (excluding diaryl/α,β-unsaturated/α-hetero) is 1. The second-order valence-corrected chi connectivity index (χ2v) is 5.24. The minimum atomic E-state index is 0.302. The molecule has 14 heavy (non-hydrogen) atoms. The molecule has 2 saturated carbocycles. The number of carbonyl (C=O) groups is 1. The third-order valence-corrected chi connectivity index (χ3v) is 4.35. The molecule has 1 aromatic heterocycles. The monoisotopic (exact) mass is 207 g/mol. The van der Waals surface area contributed by atoms with Crippen LogP contribution in [0, 0.1) is 17.8 Å². The van der Waals surface area contributed by atoms with Crippen LogP contribution in [0.2, 0.25) is 0 Å². The Morgan fingerprint density at radius 3 is 2.93 bits per heavy atom. The van der Waals surface area contributed by atoms with Gasteiger partial charge < -0.3 is 0 Å². The Labute approximate surface area is 87.4 Å². The van der Waals surface area contributed by atoms with Gasteiger partial charge in [0, 0.05) is 11.3 Å². The van der Waals surface area contributed by atoms with Gasteiger partial charge in [-0.3, -0.25) is 4.79 Å². The number of carbonyl (C=O) groups excluding carboxylic acids is 1. The normalized spacial score (nSPS) is 35.0. The number of nitrogens with zero attached hydrogens (tertiary/aromatic N) is 1. The Kier molecular flexibility index (Phi) is 1.94. The van der Waals surface area contributed by atoms with Gasteiger partial charge >= 0.3 is 0 Å². The second kappa shape index (κ2) is 3.16. The van der Waals surface area contributed by atoms with Crippen LogP contribution < -0.4 is 0 Å². The Bertz CT molecular complexity index is 346. The molecular formula is C11H13NOS. The first-order chi connectivity index (χ1) is 6.84. The molecule has 2 aliphatic rings. The van der Waals surface area contributed by atoms with E-state index in [0.29, 0.717) is 23.3 Å². The van der Waals surface area contributed by atoms with Gasteiger partial charge in [0.2, 0.25) is 0 Å². The molecular weight excluding hydrogens is 194 g/mol. The Morgan fingerprint density at radius 1 is 1.43 bits per heavy atom. The average Bonchev–Trinajstić information content (AvgIpc) is 2.93. The summed E-state index contributed by atoms with van der Waals surface area (Å²) in [5, 5.41) is 1.88. The molecule has 1 aromatic rings. The van der Waals surface area contributed by atoms with Crippen molar-refractivity contribution in [2.75, 3.05) is 0 Å². The number of thiazole rings is 1. The summed E-state index contributed by atoms with van der Waals surface area (Å²) in [6, 6.07) is 0. The number of rotatable bonds is 2. The highest BCUT2D eigenvalue weighted by molar-refractivity contribution is 7.07. The predicted octanol–water partition coefficient (Wildman–Crippen LogP) is 2.76. The van der Waals surface area contributed by atoms with Crippen LogP contribution in [0.1, 0.15) is 36.2 Å². The summed E-state index contributed by atoms with van der Waals surface area (Å²) in [6.07, 6.45) is 5.04. The van der Waals surface area contributed by atoms with Crippen molar-refractivity contribution in [3.63, 3.8) is 0 Å². The molecule has 2 fully saturated rings. The van der Waals surface area contributed by atoms with Crippen molar-refractivity contribution in [1.82, 2.24) is 4.98 Å². The molecule has 74 valence electrons. The fourth-order valence-electron chi connectivity index (χ4n) is 3.09. The molecule has 3 unspecified atom stereocenters. The summed E-state index contributed by atoms with van der Waals surface area (Å²) in [6.45, 7) is 0. The summed E-state index contributed by atoms with van der Waals surface area (Å²) in [5.74, 6) is 2.12. The van der Waals surface area contributed by atoms with Gasteiger partial charge in [0.05, 0.1) is 5.51 Å². The highest BCUT2D eigenvalue weighted by Gasteiger charge is 2.43. The molecule has 0 aliphatic heterocycles. The largest absolute Gasteiger partial charge is 0.292 e. The van der Waals surface area contributed by atoms with E-state index in [4.69, 9.17) is 0 Å². The van der Waals surface area contributed by atoms with E-state index in [-0.39, 0.29) is 0 Å². The molecule has 3 heteroatoms. The van der Waals surface area contributed by atoms with E-state index in [1.807, 2.05) is 5.38 Å². The SMILES string of the molecule is O=C(c1cscn1)C1CC2CCC1C2. The first-order valence-corrected chi connectivity index (χ1v) is 6.21. The van der Waals surface area contributed by atoms with Crippen LogP contribution in [-0.4, -0.2) is 10.8 Å². The van der Waals surface area contributed by atoms with Crippen molar-refractivity contribution in [1.29, 1.82) is 0 Å². The zero-order valence-corrected chi connectivity index (χ0v) is 8.80. The van der Waals surface area contributed by atoms with Crippen molar-refractivity contribution < 1.29 is 4.79 Å². The van der Waals surface area contributed by atoms with E-state index in [1.54, 1.807) is 5.51 Å². The van der Waals surface area contributed by atoms with Crippen LogP contribution in [0.3, 0.4) is 0 Å². The van der Waals surface area contributed by atoms with Gasteiger partial charge in [0.25, 0.3) is 0 Å². The van der Waals surface area contributed by atoms with E-state index < -0.39 is 0 Å². The smallest absolute Gasteiger partial charge is 0.185 e. The predicted molar refractivity (Wildman–Crippen MR) is 55.4 cm³/mol. The maximum Gasteiger partial charge on any atom is 0.185 e. The first-order valence-electron chi connectivity index (χ1n) is 5.27. The van der Waals surface area contributed by atoms with Gasteiger partial charge in [0.1, 0.15) is 5.69 Å². The fourth-order valence-corrected chi connectivity index (χ4v) is 3.63. The van der Waals surface area contributed by atoms with Crippen molar-refractivity contribution in [3.05, 3.63) is 16.6 Å². The van der Waals surface area contributed by atoms with Crippen LogP contribution >= 0.6 is 11.3 Å². The molecule has 2 bridgehead atoms. The van der Waals surface area contributed by atoms with Gasteiger partial charge in [-0.25, -0.2) is 4.98 Å². The van der Waals surface area contributed by atoms with Crippen LogP contribution in [0.5, 0.6) is 0 Å². The molecule has 0 saturated heterocycles. The van der Waals surface area contributed by atoms with Crippen molar-refractivity contribution in [2.45, 2.75) is 25.7 Å². The van der Waals surface area contributed by atoms with E-state index in [9.17, 15) is 4.79 Å². The molecule has 3 rings (SSSR count). The summed E-state index contributed by atoms with van der Waals surface area (Å²) in [5.41, 5.74) is 2.45. The maximum absolute atomic E-state index is 12.0. The first kappa shape index (κ1) is 8.60. The van der Waals surface area contributed by atoms with Crippen molar-refractivity contribution in [3.8, 4) is 0 Å². The molecule has 0 amide bonds. The standard InChI is InChI=1S/C11H13NOS/c13-11(10-5-14-6-12-10)9-4-7-1-2-8(9)3-7/h5-9H,1-4H2. The quantitative estimate of drug-likeness (QED) is 0.698. The number of hydrogen-bond acceptors (Lipinski definition) is 3. The highest BCUT2D eigenvalue weighted by atomic mass is 32.1.